The zero-order valence-corrected chi connectivity index (χ0v) is 13.8. The molecule has 3 heteroatoms. The number of hydrogen-bond donors (Lipinski definition) is 1. The highest BCUT2D eigenvalue weighted by Crippen LogP contribution is 2.37. The number of anilines is 1. The second-order valence-electron chi connectivity index (χ2n) is 6.53. The summed E-state index contributed by atoms with van der Waals surface area (Å²) in [7, 11) is 0. The average molecular weight is 288 g/mol. The third-order valence-corrected chi connectivity index (χ3v) is 4.83. The molecule has 1 saturated heterocycles. The summed E-state index contributed by atoms with van der Waals surface area (Å²) in [6.45, 7) is 10.5. The first-order valence-corrected chi connectivity index (χ1v) is 8.16. The molecule has 0 spiro atoms. The topological polar surface area (TPSA) is 32.3 Å². The smallest absolute Gasteiger partial charge is 0.255 e. The van der Waals surface area contributed by atoms with Crippen molar-refractivity contribution in [3.05, 3.63) is 29.8 Å². The standard InChI is InChI=1S/C18H28N2O/c1-5-18(6-2)11-12-20(13-18)17(21)15-9-7-8-10-16(15)19-14(3)4/h7-10,14,19H,5-6,11-13H2,1-4H3. The van der Waals surface area contributed by atoms with Crippen molar-refractivity contribution in [1.82, 2.24) is 4.90 Å². The zero-order valence-electron chi connectivity index (χ0n) is 13.8. The van der Waals surface area contributed by atoms with Crippen LogP contribution >= 0.6 is 0 Å². The van der Waals surface area contributed by atoms with E-state index >= 15 is 0 Å². The van der Waals surface area contributed by atoms with Crippen molar-refractivity contribution in [2.24, 2.45) is 5.41 Å². The van der Waals surface area contributed by atoms with E-state index in [0.717, 1.165) is 43.6 Å². The minimum atomic E-state index is 0.169. The van der Waals surface area contributed by atoms with Crippen LogP contribution in [0.15, 0.2) is 24.3 Å². The van der Waals surface area contributed by atoms with Crippen LogP contribution in [0.25, 0.3) is 0 Å². The Morgan fingerprint density at radius 1 is 1.29 bits per heavy atom. The maximum atomic E-state index is 12.9. The molecular formula is C18H28N2O. The van der Waals surface area contributed by atoms with E-state index in [1.807, 2.05) is 29.2 Å². The lowest BCUT2D eigenvalue weighted by molar-refractivity contribution is 0.0771. The van der Waals surface area contributed by atoms with Gasteiger partial charge in [-0.15, -0.1) is 0 Å². The highest BCUT2D eigenvalue weighted by atomic mass is 16.2. The van der Waals surface area contributed by atoms with Gasteiger partial charge in [0, 0.05) is 24.8 Å². The van der Waals surface area contributed by atoms with E-state index in [1.54, 1.807) is 0 Å². The second kappa shape index (κ2) is 6.50. The van der Waals surface area contributed by atoms with E-state index in [-0.39, 0.29) is 5.91 Å². The van der Waals surface area contributed by atoms with Crippen LogP contribution in [-0.2, 0) is 0 Å². The summed E-state index contributed by atoms with van der Waals surface area (Å²) in [5, 5.41) is 3.38. The molecule has 1 aliphatic heterocycles. The molecule has 1 aliphatic rings. The van der Waals surface area contributed by atoms with Crippen molar-refractivity contribution in [3.8, 4) is 0 Å². The van der Waals surface area contributed by atoms with Crippen LogP contribution in [0, 0.1) is 5.41 Å². The molecule has 0 saturated carbocycles. The first kappa shape index (κ1) is 15.9. The predicted octanol–water partition coefficient (Wildman–Crippen LogP) is 4.16. The lowest BCUT2D eigenvalue weighted by Crippen LogP contribution is -2.32. The van der Waals surface area contributed by atoms with Crippen LogP contribution in [0.4, 0.5) is 5.69 Å². The van der Waals surface area contributed by atoms with Gasteiger partial charge in [0.15, 0.2) is 0 Å². The van der Waals surface area contributed by atoms with Gasteiger partial charge in [-0.1, -0.05) is 26.0 Å². The molecule has 0 bridgehead atoms. The van der Waals surface area contributed by atoms with E-state index in [1.165, 1.54) is 0 Å². The van der Waals surface area contributed by atoms with Gasteiger partial charge in [-0.3, -0.25) is 4.79 Å². The minimum absolute atomic E-state index is 0.169. The number of likely N-dealkylation sites (tertiary alicyclic amines) is 1. The molecule has 1 amide bonds. The lowest BCUT2D eigenvalue weighted by Gasteiger charge is -2.26. The van der Waals surface area contributed by atoms with Crippen molar-refractivity contribution < 1.29 is 4.79 Å². The highest BCUT2D eigenvalue weighted by Gasteiger charge is 2.37. The lowest BCUT2D eigenvalue weighted by atomic mass is 9.82. The molecule has 1 aromatic rings. The molecule has 1 N–H and O–H groups in total. The number of carbonyl (C=O) groups is 1. The van der Waals surface area contributed by atoms with E-state index in [4.69, 9.17) is 0 Å². The SMILES string of the molecule is CCC1(CC)CCN(C(=O)c2ccccc2NC(C)C)C1. The Kier molecular flexibility index (Phi) is 4.92. The molecule has 1 heterocycles. The molecule has 1 aromatic carbocycles. The summed E-state index contributed by atoms with van der Waals surface area (Å²) in [6, 6.07) is 8.18. The maximum absolute atomic E-state index is 12.9. The van der Waals surface area contributed by atoms with Gasteiger partial charge in [0.1, 0.15) is 0 Å². The van der Waals surface area contributed by atoms with Crippen LogP contribution < -0.4 is 5.32 Å². The first-order valence-electron chi connectivity index (χ1n) is 8.16. The van der Waals surface area contributed by atoms with Crippen LogP contribution in [-0.4, -0.2) is 29.9 Å². The number of rotatable bonds is 5. The van der Waals surface area contributed by atoms with Crippen molar-refractivity contribution >= 4 is 11.6 Å². The van der Waals surface area contributed by atoms with Gasteiger partial charge in [-0.05, 0) is 50.7 Å². The monoisotopic (exact) mass is 288 g/mol. The molecule has 116 valence electrons. The Morgan fingerprint density at radius 2 is 1.95 bits per heavy atom. The quantitative estimate of drug-likeness (QED) is 0.882. The van der Waals surface area contributed by atoms with Gasteiger partial charge in [-0.25, -0.2) is 0 Å². The van der Waals surface area contributed by atoms with E-state index in [9.17, 15) is 4.79 Å². The van der Waals surface area contributed by atoms with Gasteiger partial charge in [0.25, 0.3) is 5.91 Å². The molecule has 0 aromatic heterocycles. The Labute approximate surface area is 128 Å². The second-order valence-corrected chi connectivity index (χ2v) is 6.53. The van der Waals surface area contributed by atoms with Crippen LogP contribution in [0.3, 0.4) is 0 Å². The summed E-state index contributed by atoms with van der Waals surface area (Å²) in [5.41, 5.74) is 2.08. The third-order valence-electron chi connectivity index (χ3n) is 4.83. The molecule has 3 nitrogen and oxygen atoms in total. The first-order chi connectivity index (χ1) is 10.0. The van der Waals surface area contributed by atoms with Gasteiger partial charge < -0.3 is 10.2 Å². The zero-order chi connectivity index (χ0) is 15.5. The summed E-state index contributed by atoms with van der Waals surface area (Å²) >= 11 is 0. The molecule has 0 radical (unpaired) electrons. The summed E-state index contributed by atoms with van der Waals surface area (Å²) in [4.78, 5) is 14.9. The van der Waals surface area contributed by atoms with Crippen molar-refractivity contribution in [2.75, 3.05) is 18.4 Å². The number of nitrogens with zero attached hydrogens (tertiary/aromatic N) is 1. The molecular weight excluding hydrogens is 260 g/mol. The van der Waals surface area contributed by atoms with E-state index in [0.29, 0.717) is 11.5 Å². The summed E-state index contributed by atoms with van der Waals surface area (Å²) in [5.74, 6) is 0.169. The van der Waals surface area contributed by atoms with E-state index in [2.05, 4.69) is 33.0 Å². The largest absolute Gasteiger partial charge is 0.382 e. The Bertz CT molecular complexity index is 492. The number of nitrogens with one attached hydrogen (secondary N) is 1. The van der Waals surface area contributed by atoms with Gasteiger partial charge >= 0.3 is 0 Å². The maximum Gasteiger partial charge on any atom is 0.255 e. The number of benzene rings is 1. The van der Waals surface area contributed by atoms with Gasteiger partial charge in [0.05, 0.1) is 5.56 Å². The number of hydrogen-bond acceptors (Lipinski definition) is 2. The van der Waals surface area contributed by atoms with Crippen LogP contribution in [0.5, 0.6) is 0 Å². The number of carbonyl (C=O) groups excluding carboxylic acids is 1. The molecule has 0 aliphatic carbocycles. The van der Waals surface area contributed by atoms with Crippen LogP contribution in [0.2, 0.25) is 0 Å². The van der Waals surface area contributed by atoms with Crippen molar-refractivity contribution in [2.45, 2.75) is 53.0 Å². The molecule has 0 unspecified atom stereocenters. The van der Waals surface area contributed by atoms with Crippen LogP contribution in [0.1, 0.15) is 57.3 Å². The highest BCUT2D eigenvalue weighted by molar-refractivity contribution is 5.99. The number of para-hydroxylation sites is 1. The fraction of sp³-hybridized carbons (Fsp3) is 0.611. The normalized spacial score (nSPS) is 17.3. The van der Waals surface area contributed by atoms with Crippen molar-refractivity contribution in [3.63, 3.8) is 0 Å². The number of amides is 1. The Morgan fingerprint density at radius 3 is 2.52 bits per heavy atom. The minimum Gasteiger partial charge on any atom is -0.382 e. The Balaban J connectivity index is 2.18. The van der Waals surface area contributed by atoms with Gasteiger partial charge in [0.2, 0.25) is 0 Å². The third kappa shape index (κ3) is 3.39. The van der Waals surface area contributed by atoms with Crippen molar-refractivity contribution in [1.29, 1.82) is 0 Å². The van der Waals surface area contributed by atoms with E-state index < -0.39 is 0 Å². The Hall–Kier alpha value is -1.51. The molecule has 2 rings (SSSR count). The molecule has 1 fully saturated rings. The molecule has 0 atom stereocenters. The fourth-order valence-electron chi connectivity index (χ4n) is 3.21. The molecule has 21 heavy (non-hydrogen) atoms. The fourth-order valence-corrected chi connectivity index (χ4v) is 3.21. The van der Waals surface area contributed by atoms with Gasteiger partial charge in [-0.2, -0.15) is 0 Å². The predicted molar refractivity (Wildman–Crippen MR) is 88.7 cm³/mol. The summed E-state index contributed by atoms with van der Waals surface area (Å²) in [6.07, 6.45) is 3.43. The summed E-state index contributed by atoms with van der Waals surface area (Å²) < 4.78 is 0. The average Bonchev–Trinajstić information content (AvgIpc) is 2.92.